The molecule has 6 aromatic heterocycles. The molecule has 0 aliphatic carbocycles. The number of anilines is 2. The van der Waals surface area contributed by atoms with Crippen LogP contribution in [0.5, 0.6) is 11.5 Å². The summed E-state index contributed by atoms with van der Waals surface area (Å²) in [6.45, 7) is 5.75. The average molecular weight is 1070 g/mol. The fraction of sp³-hybridized carbons (Fsp3) is 0.333. The van der Waals surface area contributed by atoms with Gasteiger partial charge in [-0.2, -0.15) is 10.5 Å². The average Bonchev–Trinajstić information content (AvgIpc) is 4.36. The number of hydrogen-bond acceptors (Lipinski definition) is 15. The van der Waals surface area contributed by atoms with Crippen LogP contribution in [0.4, 0.5) is 20.2 Å². The molecule has 10 heterocycles. The molecule has 0 bridgehead atoms. The van der Waals surface area contributed by atoms with Gasteiger partial charge in [-0.3, -0.25) is 14.8 Å². The second-order valence-corrected chi connectivity index (χ2v) is 19.7. The summed E-state index contributed by atoms with van der Waals surface area (Å²) < 4.78 is 50.8. The number of halogens is 2. The number of pyridine rings is 4. The van der Waals surface area contributed by atoms with Gasteiger partial charge in [0.25, 0.3) is 5.91 Å². The molecular weight excluding hydrogens is 1010 g/mol. The lowest BCUT2D eigenvalue weighted by atomic mass is 10.0. The number of hydrogen-bond donors (Lipinski definition) is 2. The van der Waals surface area contributed by atoms with E-state index in [1.54, 1.807) is 62.1 Å². The smallest absolute Gasteiger partial charge is 0.337 e. The maximum Gasteiger partial charge on any atom is 0.337 e. The van der Waals surface area contributed by atoms with Crippen molar-refractivity contribution in [3.05, 3.63) is 120 Å². The first-order valence-electron chi connectivity index (χ1n) is 26.5. The van der Waals surface area contributed by atoms with Gasteiger partial charge in [0.1, 0.15) is 58.4 Å². The Labute approximate surface area is 455 Å². The second-order valence-electron chi connectivity index (χ2n) is 19.7. The van der Waals surface area contributed by atoms with E-state index < -0.39 is 18.3 Å². The van der Waals surface area contributed by atoms with Gasteiger partial charge in [-0.1, -0.05) is 18.6 Å². The molecule has 1 amide bonds. The fourth-order valence-corrected chi connectivity index (χ4v) is 10.5. The maximum absolute atomic E-state index is 13.8. The minimum absolute atomic E-state index is 0.00303. The van der Waals surface area contributed by atoms with Crippen LogP contribution in [0.15, 0.2) is 106 Å². The van der Waals surface area contributed by atoms with Gasteiger partial charge in [0.15, 0.2) is 22.7 Å². The summed E-state index contributed by atoms with van der Waals surface area (Å²) >= 11 is 0. The molecule has 8 aromatic rings. The Balaban J connectivity index is 0.000000162. The molecule has 4 saturated heterocycles. The molecule has 2 aromatic carbocycles. The van der Waals surface area contributed by atoms with Crippen molar-refractivity contribution in [3.63, 3.8) is 0 Å². The van der Waals surface area contributed by atoms with Gasteiger partial charge in [-0.05, 0) is 118 Å². The van der Waals surface area contributed by atoms with Crippen LogP contribution in [0.1, 0.15) is 83.2 Å². The van der Waals surface area contributed by atoms with Crippen molar-refractivity contribution in [2.45, 2.75) is 63.7 Å². The van der Waals surface area contributed by atoms with E-state index in [1.807, 2.05) is 45.0 Å². The molecule has 0 radical (unpaired) electrons. The number of carboxylic acid groups (broad SMARTS) is 1. The molecule has 79 heavy (non-hydrogen) atoms. The minimum Gasteiger partial charge on any atom is -0.494 e. The number of rotatable bonds is 10. The molecule has 12 rings (SSSR count). The lowest BCUT2D eigenvalue weighted by Gasteiger charge is -2.26. The van der Waals surface area contributed by atoms with Gasteiger partial charge in [0.05, 0.1) is 47.8 Å². The third-order valence-corrected chi connectivity index (χ3v) is 14.6. The monoisotopic (exact) mass is 1070 g/mol. The number of fused-ring (bicyclic) bond motifs is 2. The highest BCUT2D eigenvalue weighted by Crippen LogP contribution is 2.40. The quantitative estimate of drug-likeness (QED) is 0.130. The zero-order valence-electron chi connectivity index (χ0n) is 43.9. The lowest BCUT2D eigenvalue weighted by molar-refractivity contribution is 0.0693. The van der Waals surface area contributed by atoms with E-state index in [1.165, 1.54) is 51.7 Å². The summed E-state index contributed by atoms with van der Waals surface area (Å²) in [7, 11) is 2.97. The van der Waals surface area contributed by atoms with Crippen molar-refractivity contribution >= 4 is 45.5 Å². The molecule has 0 unspecified atom stereocenters. The number of furan rings is 2. The van der Waals surface area contributed by atoms with Crippen LogP contribution >= 0.6 is 0 Å². The number of alkyl halides is 2. The van der Waals surface area contributed by atoms with E-state index >= 15 is 0 Å². The number of nitriles is 2. The summed E-state index contributed by atoms with van der Waals surface area (Å²) in [6.07, 6.45) is 12.7. The van der Waals surface area contributed by atoms with Crippen LogP contribution in [-0.4, -0.2) is 121 Å². The van der Waals surface area contributed by atoms with E-state index in [4.69, 9.17) is 18.3 Å². The van der Waals surface area contributed by atoms with Crippen molar-refractivity contribution in [2.75, 3.05) is 76.4 Å². The van der Waals surface area contributed by atoms with Crippen molar-refractivity contribution in [1.29, 1.82) is 10.5 Å². The second kappa shape index (κ2) is 24.2. The summed E-state index contributed by atoms with van der Waals surface area (Å²) in [4.78, 5) is 47.5. The van der Waals surface area contributed by atoms with E-state index in [2.05, 4.69) is 37.4 Å². The van der Waals surface area contributed by atoms with Crippen LogP contribution in [0.25, 0.3) is 67.4 Å². The number of carbonyl (C=O) groups excluding carboxylic acids is 1. The highest BCUT2D eigenvalue weighted by Gasteiger charge is 2.28. The molecule has 404 valence electrons. The van der Waals surface area contributed by atoms with Crippen LogP contribution in [0.3, 0.4) is 0 Å². The predicted octanol–water partition coefficient (Wildman–Crippen LogP) is 11.1. The van der Waals surface area contributed by atoms with E-state index in [-0.39, 0.29) is 23.8 Å². The number of carboxylic acids is 1. The normalized spacial score (nSPS) is 17.1. The number of ether oxygens (including phenoxy) is 2. The number of nitrogens with one attached hydrogen (secondary N) is 1. The number of benzene rings is 2. The van der Waals surface area contributed by atoms with Crippen LogP contribution in [-0.2, 0) is 0 Å². The highest BCUT2D eigenvalue weighted by atomic mass is 19.1. The Hall–Kier alpha value is -8.94. The standard InChI is InChI=1S/C30H28FN5O3.C25H19FN4O4.C5H11N/c1-38-26-14-21(30(37)35-10-3-2-4-11-35)17-34-28(26)27-15-24-29(39-27)23(7-9-33-24)19-5-6-25(20(13-19)16-32)36-12-8-22(31)18-36;1-33-21-9-16(25(31)32)12-29-23(21)22-10-19-24(34-22)18(4-6-28-19)14-2-3-20(15(8-14)11-27)30-7-5-17(26)13-30;1-2-4-6-5-3-1/h5-7,9,13-15,17,22H,2-4,8,10-12,18H2,1H3;2-4,6,8-10,12,17H,5,7,13H2,1H3,(H,31,32);6H,1-5H2/t22-;17-;/m11./s1. The van der Waals surface area contributed by atoms with E-state index in [0.717, 1.165) is 60.3 Å². The minimum atomic E-state index is -1.11. The summed E-state index contributed by atoms with van der Waals surface area (Å²) in [5.74, 6) is 0.362. The van der Waals surface area contributed by atoms with E-state index in [0.29, 0.717) is 106 Å². The lowest BCUT2D eigenvalue weighted by Crippen LogP contribution is -2.35. The Morgan fingerprint density at radius 1 is 0.633 bits per heavy atom. The molecule has 17 nitrogen and oxygen atoms in total. The summed E-state index contributed by atoms with van der Waals surface area (Å²) in [6, 6.07) is 25.7. The van der Waals surface area contributed by atoms with Crippen molar-refractivity contribution in [1.82, 2.24) is 30.2 Å². The summed E-state index contributed by atoms with van der Waals surface area (Å²) in [5.41, 5.74) is 8.97. The number of methoxy groups -OCH3 is 2. The molecule has 0 spiro atoms. The number of aromatic nitrogens is 4. The Bertz CT molecular complexity index is 3610. The molecule has 2 N–H and O–H groups in total. The van der Waals surface area contributed by atoms with Gasteiger partial charge in [0.2, 0.25) is 0 Å². The fourth-order valence-electron chi connectivity index (χ4n) is 10.5. The van der Waals surface area contributed by atoms with Crippen molar-refractivity contribution < 1.29 is 41.8 Å². The number of aromatic carboxylic acids is 1. The topological polar surface area (TPSA) is 220 Å². The van der Waals surface area contributed by atoms with Gasteiger partial charge in [-0.15, -0.1) is 0 Å². The van der Waals surface area contributed by atoms with Crippen LogP contribution in [0, 0.1) is 22.7 Å². The Morgan fingerprint density at radius 3 is 1.53 bits per heavy atom. The van der Waals surface area contributed by atoms with Crippen LogP contribution in [0.2, 0.25) is 0 Å². The molecular formula is C60H58F2N10O7. The first-order chi connectivity index (χ1) is 38.5. The largest absolute Gasteiger partial charge is 0.494 e. The SMILES string of the molecule is C1CCNCC1.COc1cc(C(=O)N2CCCCC2)cnc1-c1cc2nccc(-c3ccc(N4CC[C@@H](F)C4)c(C#N)c3)c2o1.COc1cc(C(=O)O)cnc1-c1cc2nccc(-c3ccc(N4CC[C@@H](F)C4)c(C#N)c3)c2o1. The zero-order chi connectivity index (χ0) is 55.0. The Kier molecular flexibility index (Phi) is 16.4. The molecule has 4 fully saturated rings. The summed E-state index contributed by atoms with van der Waals surface area (Å²) in [5, 5.41) is 32.1. The highest BCUT2D eigenvalue weighted by molar-refractivity contribution is 5.97. The van der Waals surface area contributed by atoms with E-state index in [9.17, 15) is 34.0 Å². The van der Waals surface area contributed by atoms with Gasteiger partial charge < -0.3 is 43.4 Å². The van der Waals surface area contributed by atoms with Crippen molar-refractivity contribution in [3.8, 4) is 68.8 Å². The van der Waals surface area contributed by atoms with Gasteiger partial charge in [0, 0.05) is 87.3 Å². The number of nitrogens with zero attached hydrogens (tertiary/aromatic N) is 9. The first-order valence-corrected chi connectivity index (χ1v) is 26.5. The molecule has 2 atom stereocenters. The third kappa shape index (κ3) is 11.7. The molecule has 19 heteroatoms. The zero-order valence-corrected chi connectivity index (χ0v) is 43.9. The van der Waals surface area contributed by atoms with Gasteiger partial charge >= 0.3 is 5.97 Å². The number of piperidine rings is 2. The molecule has 4 aliphatic rings. The van der Waals surface area contributed by atoms with Crippen LogP contribution < -0.4 is 24.6 Å². The molecule has 0 saturated carbocycles. The van der Waals surface area contributed by atoms with Crippen molar-refractivity contribution in [2.24, 2.45) is 0 Å². The number of amides is 1. The predicted molar refractivity (Wildman–Crippen MR) is 295 cm³/mol. The first kappa shape index (κ1) is 53.5. The third-order valence-electron chi connectivity index (χ3n) is 14.6. The molecule has 4 aliphatic heterocycles. The Morgan fingerprint density at radius 2 is 1.11 bits per heavy atom. The van der Waals surface area contributed by atoms with Gasteiger partial charge in [-0.25, -0.2) is 23.5 Å². The maximum atomic E-state index is 13.8. The number of likely N-dealkylation sites (tertiary alicyclic amines) is 1. The number of carbonyl (C=O) groups is 2.